The zero-order valence-corrected chi connectivity index (χ0v) is 40.5. The van der Waals surface area contributed by atoms with E-state index in [4.69, 9.17) is 5.73 Å². The summed E-state index contributed by atoms with van der Waals surface area (Å²) in [5, 5.41) is 29.5. The van der Waals surface area contributed by atoms with Gasteiger partial charge in [0.05, 0.1) is 12.6 Å². The molecule has 1 heterocycles. The summed E-state index contributed by atoms with van der Waals surface area (Å²) in [5.74, 6) is -5.69. The molecule has 70 heavy (non-hydrogen) atoms. The molecule has 1 saturated heterocycles. The maximum Gasteiger partial charge on any atom is 0.239 e. The molecule has 6 atom stereocenters. The molecule has 0 radical (unpaired) electrons. The number of fused-ring (bicyclic) bond motifs is 2. The fourth-order valence-corrected chi connectivity index (χ4v) is 9.39. The lowest BCUT2D eigenvalue weighted by Crippen LogP contribution is -2.50. The highest BCUT2D eigenvalue weighted by Gasteiger charge is 2.35. The molecule has 1 fully saturated rings. The summed E-state index contributed by atoms with van der Waals surface area (Å²) < 4.78 is 0. The SMILES string of the molecule is CC(C)C(=O)NCCCC[C@H](NC(=O)[C@@H](CC(=O)[C@H](CO)NC(=O)[C@H](CC(=O)[C@@H](Cc1ccc2ccccc2c1)NC(=O)C1CCNCC1)CC1C=c2ccccc2=CC1)Cc1ccccc1)C(N)=O. The number of aliphatic hydroxyl groups is 1. The standard InChI is InChI=1S/C56H70N6O8/c1-36(2)53(67)59-25-11-10-18-47(52(57)66)60-55(69)45(28-37-12-4-3-5-13-37)34-51(65)49(35-63)62-56(70)46(31-38-19-21-40-14-6-8-16-43(40)29-38)33-50(64)48(61-54(68)42-23-26-58-27-24-42)32-39-20-22-41-15-7-9-17-44(41)30-39/h3-9,12-17,20-22,29-30,36,38,42,45-49,58,63H,10-11,18-19,23-28,31-35H2,1-2H3,(H2,57,66)(H,59,67)(H,60,69)(H,61,68)(H,62,70)/t38?,45-,46+,47+,48-,49+/m1/s1. The number of hydrogen-bond acceptors (Lipinski definition) is 9. The van der Waals surface area contributed by atoms with Gasteiger partial charge in [0.15, 0.2) is 11.6 Å². The zero-order valence-electron chi connectivity index (χ0n) is 40.5. The largest absolute Gasteiger partial charge is 0.394 e. The molecular formula is C56H70N6O8. The summed E-state index contributed by atoms with van der Waals surface area (Å²) in [5.41, 5.74) is 7.34. The van der Waals surface area contributed by atoms with E-state index in [9.17, 15) is 38.7 Å². The fourth-order valence-electron chi connectivity index (χ4n) is 9.39. The second-order valence-corrected chi connectivity index (χ2v) is 19.3. The molecule has 0 spiro atoms. The molecule has 14 nitrogen and oxygen atoms in total. The van der Waals surface area contributed by atoms with Crippen LogP contribution in [0.25, 0.3) is 22.9 Å². The van der Waals surface area contributed by atoms with Crippen molar-refractivity contribution in [2.45, 2.75) is 103 Å². The van der Waals surface area contributed by atoms with E-state index in [1.165, 1.54) is 0 Å². The van der Waals surface area contributed by atoms with Crippen LogP contribution in [0.15, 0.2) is 97.1 Å². The van der Waals surface area contributed by atoms with Crippen molar-refractivity contribution in [2.75, 3.05) is 26.2 Å². The summed E-state index contributed by atoms with van der Waals surface area (Å²) in [6.07, 6.45) is 7.28. The highest BCUT2D eigenvalue weighted by atomic mass is 16.3. The second-order valence-electron chi connectivity index (χ2n) is 19.3. The van der Waals surface area contributed by atoms with E-state index < -0.39 is 60.1 Å². The summed E-state index contributed by atoms with van der Waals surface area (Å²) in [4.78, 5) is 95.9. The van der Waals surface area contributed by atoms with Crippen LogP contribution in [-0.2, 0) is 46.4 Å². The number of carbonyl (C=O) groups excluding carboxylic acids is 7. The Labute approximate surface area is 410 Å². The topological polar surface area (TPSA) is 226 Å². The number of piperidine rings is 1. The maximum absolute atomic E-state index is 14.7. The van der Waals surface area contributed by atoms with Crippen LogP contribution in [-0.4, -0.2) is 90.6 Å². The van der Waals surface area contributed by atoms with E-state index in [-0.39, 0.29) is 73.9 Å². The third-order valence-electron chi connectivity index (χ3n) is 13.6. The molecular weight excluding hydrogens is 885 g/mol. The summed E-state index contributed by atoms with van der Waals surface area (Å²) in [6.45, 7) is 4.60. The number of aliphatic hydroxyl groups excluding tert-OH is 1. The predicted molar refractivity (Wildman–Crippen MR) is 271 cm³/mol. The van der Waals surface area contributed by atoms with Crippen molar-refractivity contribution in [1.29, 1.82) is 0 Å². The van der Waals surface area contributed by atoms with Gasteiger partial charge in [0.2, 0.25) is 29.5 Å². The number of benzene rings is 4. The average molecular weight is 955 g/mol. The Morgan fingerprint density at radius 1 is 0.671 bits per heavy atom. The minimum absolute atomic E-state index is 0.0862. The van der Waals surface area contributed by atoms with E-state index in [1.807, 2.05) is 84.9 Å². The Balaban J connectivity index is 1.20. The summed E-state index contributed by atoms with van der Waals surface area (Å²) in [6, 6.07) is 27.4. The smallest absolute Gasteiger partial charge is 0.239 e. The van der Waals surface area contributed by atoms with Gasteiger partial charge in [-0.25, -0.2) is 0 Å². The molecule has 8 N–H and O–H groups in total. The normalized spacial score (nSPS) is 16.8. The minimum Gasteiger partial charge on any atom is -0.394 e. The molecule has 1 aliphatic carbocycles. The lowest BCUT2D eigenvalue weighted by molar-refractivity contribution is -0.136. The van der Waals surface area contributed by atoms with Gasteiger partial charge in [-0.1, -0.05) is 123 Å². The van der Waals surface area contributed by atoms with Crippen LogP contribution in [0.5, 0.6) is 0 Å². The number of rotatable bonds is 26. The average Bonchev–Trinajstić information content (AvgIpc) is 3.36. The van der Waals surface area contributed by atoms with E-state index in [2.05, 4.69) is 38.7 Å². The number of nitrogens with two attached hydrogens (primary N) is 1. The Kier molecular flexibility index (Phi) is 20.0. The molecule has 0 bridgehead atoms. The van der Waals surface area contributed by atoms with Crippen LogP contribution >= 0.6 is 0 Å². The van der Waals surface area contributed by atoms with Crippen LogP contribution in [0.3, 0.4) is 0 Å². The number of ketones is 2. The molecule has 4 aromatic rings. The summed E-state index contributed by atoms with van der Waals surface area (Å²) in [7, 11) is 0. The molecule has 0 aromatic heterocycles. The van der Waals surface area contributed by atoms with E-state index in [0.717, 1.165) is 32.3 Å². The van der Waals surface area contributed by atoms with Gasteiger partial charge < -0.3 is 37.4 Å². The predicted octanol–water partition coefficient (Wildman–Crippen LogP) is 3.32. The first-order chi connectivity index (χ1) is 33.8. The first-order valence-corrected chi connectivity index (χ1v) is 24.9. The van der Waals surface area contributed by atoms with E-state index in [0.29, 0.717) is 51.7 Å². The molecule has 1 aliphatic heterocycles. The third kappa shape index (κ3) is 15.8. The Hall–Kier alpha value is -6.51. The number of unbranched alkanes of at least 4 members (excludes halogenated alkanes) is 1. The number of carbonyl (C=O) groups is 7. The number of Topliss-reactive ketones (excluding diaryl/α,β-unsaturated/α-hetero) is 2. The van der Waals surface area contributed by atoms with Gasteiger partial charge in [-0.15, -0.1) is 0 Å². The first-order valence-electron chi connectivity index (χ1n) is 24.9. The number of amides is 5. The number of hydrogen-bond donors (Lipinski definition) is 7. The van der Waals surface area contributed by atoms with Crippen molar-refractivity contribution in [2.24, 2.45) is 35.3 Å². The Bertz CT molecular complexity index is 2580. The van der Waals surface area contributed by atoms with Crippen LogP contribution < -0.4 is 42.8 Å². The van der Waals surface area contributed by atoms with Crippen LogP contribution in [0.4, 0.5) is 0 Å². The van der Waals surface area contributed by atoms with Gasteiger partial charge in [-0.05, 0) is 109 Å². The molecule has 4 aromatic carbocycles. The highest BCUT2D eigenvalue weighted by Crippen LogP contribution is 2.26. The Morgan fingerprint density at radius 2 is 1.31 bits per heavy atom. The molecule has 2 aliphatic rings. The molecule has 14 heteroatoms. The quantitative estimate of drug-likeness (QED) is 0.0458. The molecule has 372 valence electrons. The maximum atomic E-state index is 14.7. The fraction of sp³-hybridized carbons (Fsp3) is 0.446. The van der Waals surface area contributed by atoms with Crippen molar-refractivity contribution >= 4 is 64.0 Å². The number of primary amides is 1. The van der Waals surface area contributed by atoms with Gasteiger partial charge in [-0.3, -0.25) is 33.6 Å². The molecule has 6 rings (SSSR count). The van der Waals surface area contributed by atoms with Gasteiger partial charge in [0.25, 0.3) is 0 Å². The zero-order chi connectivity index (χ0) is 50.0. The third-order valence-corrected chi connectivity index (χ3v) is 13.6. The summed E-state index contributed by atoms with van der Waals surface area (Å²) >= 11 is 0. The molecule has 0 saturated carbocycles. The lowest BCUT2D eigenvalue weighted by atomic mass is 9.83. The van der Waals surface area contributed by atoms with Gasteiger partial charge in [0.1, 0.15) is 12.1 Å². The van der Waals surface area contributed by atoms with Crippen molar-refractivity contribution < 1.29 is 38.7 Å². The van der Waals surface area contributed by atoms with E-state index in [1.54, 1.807) is 26.0 Å². The van der Waals surface area contributed by atoms with Crippen LogP contribution in [0.2, 0.25) is 0 Å². The highest BCUT2D eigenvalue weighted by molar-refractivity contribution is 5.96. The van der Waals surface area contributed by atoms with Crippen molar-refractivity contribution in [3.63, 3.8) is 0 Å². The lowest BCUT2D eigenvalue weighted by Gasteiger charge is -2.28. The monoisotopic (exact) mass is 955 g/mol. The van der Waals surface area contributed by atoms with Gasteiger partial charge >= 0.3 is 0 Å². The molecule has 5 amide bonds. The van der Waals surface area contributed by atoms with Crippen molar-refractivity contribution in [3.8, 4) is 0 Å². The second kappa shape index (κ2) is 26.5. The van der Waals surface area contributed by atoms with Crippen molar-refractivity contribution in [3.05, 3.63) is 119 Å². The molecule has 1 unspecified atom stereocenters. The van der Waals surface area contributed by atoms with Crippen LogP contribution in [0.1, 0.15) is 82.8 Å². The minimum atomic E-state index is -1.42. The van der Waals surface area contributed by atoms with Crippen LogP contribution in [0, 0.1) is 29.6 Å². The van der Waals surface area contributed by atoms with Crippen molar-refractivity contribution in [1.82, 2.24) is 26.6 Å². The van der Waals surface area contributed by atoms with Gasteiger partial charge in [0, 0.05) is 43.1 Å². The number of nitrogens with one attached hydrogen (secondary N) is 5. The van der Waals surface area contributed by atoms with Gasteiger partial charge in [-0.2, -0.15) is 0 Å². The Morgan fingerprint density at radius 3 is 2.03 bits per heavy atom. The van der Waals surface area contributed by atoms with E-state index >= 15 is 0 Å². The first kappa shape index (κ1) is 52.9.